The van der Waals surface area contributed by atoms with E-state index >= 15 is 0 Å². The lowest BCUT2D eigenvalue weighted by atomic mass is 9.69. The number of rotatable bonds is 4. The van der Waals surface area contributed by atoms with Crippen LogP contribution >= 0.6 is 0 Å². The minimum absolute atomic E-state index is 0.00303. The summed E-state index contributed by atoms with van der Waals surface area (Å²) >= 11 is 0. The zero-order chi connectivity index (χ0) is 25.3. The lowest BCUT2D eigenvalue weighted by Gasteiger charge is -2.54. The summed E-state index contributed by atoms with van der Waals surface area (Å²) in [4.78, 5) is 30.0. The van der Waals surface area contributed by atoms with E-state index in [-0.39, 0.29) is 35.3 Å². The van der Waals surface area contributed by atoms with Gasteiger partial charge in [0.15, 0.2) is 0 Å². The minimum atomic E-state index is -2.99. The maximum Gasteiger partial charge on any atom is 0.322 e. The number of methoxy groups -OCH3 is 1. The molecule has 1 heterocycles. The van der Waals surface area contributed by atoms with Crippen LogP contribution in [0, 0.1) is 11.8 Å². The number of piperazine rings is 1. The second-order valence-electron chi connectivity index (χ2n) is 10.6. The van der Waals surface area contributed by atoms with Crippen molar-refractivity contribution in [2.45, 2.75) is 82.2 Å². The first-order chi connectivity index (χ1) is 16.6. The number of benzene rings is 1. The Kier molecular flexibility index (Phi) is 7.64. The minimum Gasteiger partial charge on any atom is -0.495 e. The Labute approximate surface area is 209 Å². The molecule has 194 valence electrons. The summed E-state index contributed by atoms with van der Waals surface area (Å²) in [5.41, 5.74) is 0.629. The summed E-state index contributed by atoms with van der Waals surface area (Å²) in [5.74, 6) is 1.57. The molecule has 35 heavy (non-hydrogen) atoms. The third-order valence-electron chi connectivity index (χ3n) is 8.48. The van der Waals surface area contributed by atoms with E-state index in [1.807, 2.05) is 41.0 Å². The van der Waals surface area contributed by atoms with Crippen molar-refractivity contribution >= 4 is 27.5 Å². The number of urea groups is 1. The fourth-order valence-corrected chi connectivity index (χ4v) is 7.91. The standard InChI is InChI=1S/C26H39N3O5S/c1-17-16-28(26(31)27-22-7-5-6-8-25(22)34-3)24-15-20(11-14-23(24)29(17)18(2)30)19-9-12-21(13-10-19)35(4,32)33/h5-8,17,19-21,23-24H,9-16H2,1-4H3,(H,27,31)/t17-,19?,20?,21?,23?,24?/m0/s1. The molecule has 3 unspecified atom stereocenters. The molecule has 0 bridgehead atoms. The van der Waals surface area contributed by atoms with Gasteiger partial charge in [-0.25, -0.2) is 13.2 Å². The van der Waals surface area contributed by atoms with Crippen LogP contribution < -0.4 is 10.1 Å². The quantitative estimate of drug-likeness (QED) is 0.669. The highest BCUT2D eigenvalue weighted by atomic mass is 32.2. The lowest BCUT2D eigenvalue weighted by molar-refractivity contribution is -0.141. The average Bonchev–Trinajstić information content (AvgIpc) is 2.82. The molecule has 2 aliphatic carbocycles. The summed E-state index contributed by atoms with van der Waals surface area (Å²) < 4.78 is 29.4. The second kappa shape index (κ2) is 10.4. The molecule has 1 N–H and O–H groups in total. The van der Waals surface area contributed by atoms with Gasteiger partial charge >= 0.3 is 6.03 Å². The molecule has 1 aliphatic heterocycles. The number of carbonyl (C=O) groups is 2. The van der Waals surface area contributed by atoms with Crippen LogP contribution in [0.3, 0.4) is 0 Å². The van der Waals surface area contributed by atoms with Gasteiger partial charge in [0, 0.05) is 25.8 Å². The van der Waals surface area contributed by atoms with Crippen molar-refractivity contribution in [3.63, 3.8) is 0 Å². The molecular weight excluding hydrogens is 466 g/mol. The maximum atomic E-state index is 13.5. The largest absolute Gasteiger partial charge is 0.495 e. The number of sulfone groups is 1. The van der Waals surface area contributed by atoms with Gasteiger partial charge < -0.3 is 19.9 Å². The molecule has 1 saturated heterocycles. The van der Waals surface area contributed by atoms with Gasteiger partial charge in [0.05, 0.1) is 30.1 Å². The van der Waals surface area contributed by atoms with Gasteiger partial charge in [-0.2, -0.15) is 0 Å². The number of hydrogen-bond acceptors (Lipinski definition) is 5. The summed E-state index contributed by atoms with van der Waals surface area (Å²) in [7, 11) is -1.41. The molecule has 0 spiro atoms. The smallest absolute Gasteiger partial charge is 0.322 e. The number of amides is 3. The predicted octanol–water partition coefficient (Wildman–Crippen LogP) is 3.92. The Hall–Kier alpha value is -2.29. The summed E-state index contributed by atoms with van der Waals surface area (Å²) in [5, 5.41) is 2.82. The number of nitrogens with zero attached hydrogens (tertiary/aromatic N) is 2. The van der Waals surface area contributed by atoms with Gasteiger partial charge in [-0.15, -0.1) is 0 Å². The van der Waals surface area contributed by atoms with E-state index < -0.39 is 9.84 Å². The Morgan fingerprint density at radius 1 is 1.00 bits per heavy atom. The van der Waals surface area contributed by atoms with Crippen LogP contribution in [-0.4, -0.2) is 73.4 Å². The molecule has 9 heteroatoms. The number of anilines is 1. The number of nitrogens with one attached hydrogen (secondary N) is 1. The zero-order valence-corrected chi connectivity index (χ0v) is 22.1. The Bertz CT molecular complexity index is 1040. The van der Waals surface area contributed by atoms with Crippen LogP contribution in [0.2, 0.25) is 0 Å². The van der Waals surface area contributed by atoms with E-state index in [9.17, 15) is 18.0 Å². The van der Waals surface area contributed by atoms with Crippen molar-refractivity contribution in [1.29, 1.82) is 0 Å². The van der Waals surface area contributed by atoms with Crippen molar-refractivity contribution in [1.82, 2.24) is 9.80 Å². The molecule has 2 saturated carbocycles. The normalized spacial score (nSPS) is 31.4. The number of hydrogen-bond donors (Lipinski definition) is 1. The topological polar surface area (TPSA) is 96.0 Å². The first kappa shape index (κ1) is 25.8. The molecule has 1 aromatic carbocycles. The highest BCUT2D eigenvalue weighted by Gasteiger charge is 2.47. The summed E-state index contributed by atoms with van der Waals surface area (Å²) in [6.07, 6.45) is 7.35. The zero-order valence-electron chi connectivity index (χ0n) is 21.3. The van der Waals surface area contributed by atoms with Crippen molar-refractivity contribution in [3.8, 4) is 5.75 Å². The van der Waals surface area contributed by atoms with Gasteiger partial charge in [-0.05, 0) is 75.8 Å². The average molecular weight is 506 g/mol. The fraction of sp³-hybridized carbons (Fsp3) is 0.692. The van der Waals surface area contributed by atoms with E-state index in [2.05, 4.69) is 5.32 Å². The van der Waals surface area contributed by atoms with Crippen molar-refractivity contribution < 1.29 is 22.7 Å². The highest BCUT2D eigenvalue weighted by Crippen LogP contribution is 2.43. The molecule has 4 rings (SSSR count). The molecule has 3 fully saturated rings. The Morgan fingerprint density at radius 2 is 1.66 bits per heavy atom. The van der Waals surface area contributed by atoms with Crippen LogP contribution in [-0.2, 0) is 14.6 Å². The lowest BCUT2D eigenvalue weighted by Crippen LogP contribution is -2.67. The van der Waals surface area contributed by atoms with Crippen LogP contribution in [0.1, 0.15) is 58.8 Å². The van der Waals surface area contributed by atoms with E-state index in [4.69, 9.17) is 4.74 Å². The van der Waals surface area contributed by atoms with E-state index in [0.29, 0.717) is 29.8 Å². The van der Waals surface area contributed by atoms with E-state index in [0.717, 1.165) is 44.9 Å². The van der Waals surface area contributed by atoms with E-state index in [1.54, 1.807) is 14.0 Å². The van der Waals surface area contributed by atoms with Gasteiger partial charge in [-0.1, -0.05) is 12.1 Å². The van der Waals surface area contributed by atoms with Crippen molar-refractivity contribution in [2.75, 3.05) is 25.2 Å². The molecule has 8 nitrogen and oxygen atoms in total. The molecular formula is C26H39N3O5S. The fourth-order valence-electron chi connectivity index (χ4n) is 6.79. The third kappa shape index (κ3) is 5.44. The van der Waals surface area contributed by atoms with Gasteiger partial charge in [-0.3, -0.25) is 4.79 Å². The molecule has 4 atom stereocenters. The Morgan fingerprint density at radius 3 is 2.29 bits per heavy atom. The number of para-hydroxylation sites is 2. The molecule has 0 radical (unpaired) electrons. The third-order valence-corrected chi connectivity index (χ3v) is 10.2. The maximum absolute atomic E-state index is 13.5. The molecule has 0 aromatic heterocycles. The van der Waals surface area contributed by atoms with Crippen LogP contribution in [0.5, 0.6) is 5.75 Å². The number of fused-ring (bicyclic) bond motifs is 1. The molecule has 1 aromatic rings. The van der Waals surface area contributed by atoms with Crippen molar-refractivity contribution in [3.05, 3.63) is 24.3 Å². The SMILES string of the molecule is COc1ccccc1NC(=O)N1C[C@H](C)N(C(C)=O)C2CCC(C3CCC(S(C)(=O)=O)CC3)CC21. The van der Waals surface area contributed by atoms with Crippen molar-refractivity contribution in [2.24, 2.45) is 11.8 Å². The van der Waals surface area contributed by atoms with Gasteiger partial charge in [0.1, 0.15) is 15.6 Å². The number of ether oxygens (including phenoxy) is 1. The second-order valence-corrected chi connectivity index (χ2v) is 13.0. The number of carbonyl (C=O) groups excluding carboxylic acids is 2. The van der Waals surface area contributed by atoms with Crippen LogP contribution in [0.25, 0.3) is 0 Å². The monoisotopic (exact) mass is 505 g/mol. The van der Waals surface area contributed by atoms with Crippen LogP contribution in [0.15, 0.2) is 24.3 Å². The Balaban J connectivity index is 1.52. The first-order valence-electron chi connectivity index (χ1n) is 12.8. The predicted molar refractivity (Wildman–Crippen MR) is 136 cm³/mol. The summed E-state index contributed by atoms with van der Waals surface area (Å²) in [6.45, 7) is 4.12. The summed E-state index contributed by atoms with van der Waals surface area (Å²) in [6, 6.07) is 7.09. The molecule has 3 aliphatic rings. The highest BCUT2D eigenvalue weighted by molar-refractivity contribution is 7.91. The first-order valence-corrected chi connectivity index (χ1v) is 14.7. The van der Waals surface area contributed by atoms with Gasteiger partial charge in [0.2, 0.25) is 5.91 Å². The van der Waals surface area contributed by atoms with Gasteiger partial charge in [0.25, 0.3) is 0 Å². The van der Waals surface area contributed by atoms with Crippen LogP contribution in [0.4, 0.5) is 10.5 Å². The molecule has 3 amide bonds. The van der Waals surface area contributed by atoms with E-state index in [1.165, 1.54) is 6.26 Å².